The molecule has 0 unspecified atom stereocenters. The molecule has 0 fully saturated rings. The quantitative estimate of drug-likeness (QED) is 0.166. The highest BCUT2D eigenvalue weighted by molar-refractivity contribution is 6.30. The molecule has 0 amide bonds. The first-order chi connectivity index (χ1) is 14.3. The summed E-state index contributed by atoms with van der Waals surface area (Å²) in [4.78, 5) is 0. The number of rotatable bonds is 16. The average Bonchev–Trinajstić information content (AvgIpc) is 2.98. The molecule has 0 saturated heterocycles. The Bertz CT molecular complexity index is 485. The predicted octanol–water partition coefficient (Wildman–Crippen LogP) is 11.2. The number of hydrogen-bond donors (Lipinski definition) is 0. The minimum atomic E-state index is 0.546. The van der Waals surface area contributed by atoms with Gasteiger partial charge in [-0.05, 0) is 44.6 Å². The van der Waals surface area contributed by atoms with Crippen molar-refractivity contribution in [2.24, 2.45) is 11.8 Å². The zero-order valence-corrected chi connectivity index (χ0v) is 22.0. The van der Waals surface area contributed by atoms with Gasteiger partial charge in [0, 0.05) is 11.0 Å². The maximum atomic E-state index is 6.22. The molecule has 0 nitrogen and oxygen atoms in total. The molecule has 0 aromatic rings. The van der Waals surface area contributed by atoms with Crippen molar-refractivity contribution < 1.29 is 0 Å². The predicted molar refractivity (Wildman–Crippen MR) is 140 cm³/mol. The van der Waals surface area contributed by atoms with Crippen molar-refractivity contribution in [3.63, 3.8) is 0 Å². The lowest BCUT2D eigenvalue weighted by molar-refractivity contribution is 0.419. The molecule has 1 aliphatic rings. The standard InChI is InChI=1S/C18H36.C11H17Cl/c1-4-5-6-7-8-9-10-11-12-13-14-15-16-17-18(2)3;1-5-7(2)10-6-8(3)9(4)11(10)12/h2,4-17H2,1,3H3;7,10H,3,5-6H2,1-2,4H3/t;7-,10+/m.0/s1. The Labute approximate surface area is 195 Å². The van der Waals surface area contributed by atoms with Crippen molar-refractivity contribution in [1.82, 2.24) is 0 Å². The van der Waals surface area contributed by atoms with Crippen LogP contribution in [0.3, 0.4) is 0 Å². The first kappa shape index (κ1) is 29.5. The third-order valence-electron chi connectivity index (χ3n) is 6.72. The van der Waals surface area contributed by atoms with Crippen LogP contribution >= 0.6 is 11.6 Å². The average molecular weight is 437 g/mol. The third-order valence-corrected chi connectivity index (χ3v) is 7.28. The van der Waals surface area contributed by atoms with Crippen LogP contribution in [0.25, 0.3) is 0 Å². The Morgan fingerprint density at radius 3 is 1.67 bits per heavy atom. The summed E-state index contributed by atoms with van der Waals surface area (Å²) in [5, 5.41) is 1.05. The number of hydrogen-bond acceptors (Lipinski definition) is 0. The van der Waals surface area contributed by atoms with Gasteiger partial charge in [-0.1, -0.05) is 134 Å². The Morgan fingerprint density at radius 2 is 1.33 bits per heavy atom. The first-order valence-electron chi connectivity index (χ1n) is 13.0. The monoisotopic (exact) mass is 436 g/mol. The van der Waals surface area contributed by atoms with Gasteiger partial charge in [0.25, 0.3) is 0 Å². The fraction of sp³-hybridized carbons (Fsp3) is 0.793. The Kier molecular flexibility index (Phi) is 18.9. The molecular weight excluding hydrogens is 384 g/mol. The van der Waals surface area contributed by atoms with Crippen LogP contribution in [0.4, 0.5) is 0 Å². The smallest absolute Gasteiger partial charge is 0.0249 e. The van der Waals surface area contributed by atoms with E-state index in [4.69, 9.17) is 11.6 Å². The summed E-state index contributed by atoms with van der Waals surface area (Å²) in [6.07, 6.45) is 22.2. The minimum absolute atomic E-state index is 0.546. The topological polar surface area (TPSA) is 0 Å². The fourth-order valence-corrected chi connectivity index (χ4v) is 4.56. The molecule has 0 aromatic carbocycles. The molecule has 30 heavy (non-hydrogen) atoms. The fourth-order valence-electron chi connectivity index (χ4n) is 4.14. The molecule has 2 atom stereocenters. The summed E-state index contributed by atoms with van der Waals surface area (Å²) in [7, 11) is 0. The Balaban J connectivity index is 0.000000604. The summed E-state index contributed by atoms with van der Waals surface area (Å²) in [6, 6.07) is 0. The normalized spacial score (nSPS) is 17.1. The van der Waals surface area contributed by atoms with Gasteiger partial charge in [-0.15, -0.1) is 6.58 Å². The highest BCUT2D eigenvalue weighted by Gasteiger charge is 2.28. The van der Waals surface area contributed by atoms with Gasteiger partial charge in [0.1, 0.15) is 0 Å². The summed E-state index contributed by atoms with van der Waals surface area (Å²) in [6.45, 7) is 18.9. The zero-order valence-electron chi connectivity index (χ0n) is 21.3. The molecule has 0 heterocycles. The van der Waals surface area contributed by atoms with Gasteiger partial charge in [0.05, 0.1) is 0 Å². The van der Waals surface area contributed by atoms with Gasteiger partial charge >= 0.3 is 0 Å². The van der Waals surface area contributed by atoms with Gasteiger partial charge in [-0.2, -0.15) is 0 Å². The van der Waals surface area contributed by atoms with E-state index in [9.17, 15) is 0 Å². The molecule has 0 saturated carbocycles. The van der Waals surface area contributed by atoms with Crippen LogP contribution in [0.15, 0.2) is 34.9 Å². The van der Waals surface area contributed by atoms with E-state index in [1.807, 2.05) is 0 Å². The van der Waals surface area contributed by atoms with Crippen molar-refractivity contribution in [2.45, 2.75) is 137 Å². The molecule has 0 N–H and O–H groups in total. The molecule has 0 aromatic heterocycles. The first-order valence-corrected chi connectivity index (χ1v) is 13.4. The van der Waals surface area contributed by atoms with E-state index in [-0.39, 0.29) is 0 Å². The minimum Gasteiger partial charge on any atom is -0.100 e. The van der Waals surface area contributed by atoms with E-state index in [2.05, 4.69) is 47.8 Å². The van der Waals surface area contributed by atoms with E-state index in [0.29, 0.717) is 11.8 Å². The van der Waals surface area contributed by atoms with Crippen LogP contribution in [-0.4, -0.2) is 0 Å². The van der Waals surface area contributed by atoms with Gasteiger partial charge in [-0.25, -0.2) is 0 Å². The van der Waals surface area contributed by atoms with Crippen molar-refractivity contribution in [1.29, 1.82) is 0 Å². The van der Waals surface area contributed by atoms with Crippen LogP contribution in [0.2, 0.25) is 0 Å². The highest BCUT2D eigenvalue weighted by Crippen LogP contribution is 2.42. The van der Waals surface area contributed by atoms with Gasteiger partial charge in [0.2, 0.25) is 0 Å². The second-order valence-electron chi connectivity index (χ2n) is 9.72. The van der Waals surface area contributed by atoms with Crippen molar-refractivity contribution in [2.75, 3.05) is 0 Å². The van der Waals surface area contributed by atoms with Crippen LogP contribution < -0.4 is 0 Å². The van der Waals surface area contributed by atoms with Crippen LogP contribution in [0.1, 0.15) is 137 Å². The van der Waals surface area contributed by atoms with Crippen molar-refractivity contribution >= 4 is 11.6 Å². The maximum Gasteiger partial charge on any atom is 0.0249 e. The number of halogens is 1. The molecule has 1 aliphatic carbocycles. The zero-order chi connectivity index (χ0) is 22.8. The van der Waals surface area contributed by atoms with E-state index >= 15 is 0 Å². The molecule has 1 rings (SSSR count). The highest BCUT2D eigenvalue weighted by atomic mass is 35.5. The molecule has 1 heteroatoms. The van der Waals surface area contributed by atoms with Crippen molar-refractivity contribution in [3.05, 3.63) is 34.9 Å². The summed E-state index contributed by atoms with van der Waals surface area (Å²) < 4.78 is 0. The molecule has 0 radical (unpaired) electrons. The second kappa shape index (κ2) is 19.2. The molecule has 0 spiro atoms. The van der Waals surface area contributed by atoms with Gasteiger partial charge in [-0.3, -0.25) is 0 Å². The van der Waals surface area contributed by atoms with E-state index in [1.54, 1.807) is 0 Å². The summed E-state index contributed by atoms with van der Waals surface area (Å²) in [5.74, 6) is 1.23. The molecule has 0 aliphatic heterocycles. The summed E-state index contributed by atoms with van der Waals surface area (Å²) >= 11 is 6.22. The van der Waals surface area contributed by atoms with E-state index < -0.39 is 0 Å². The Hall–Kier alpha value is -0.490. The third kappa shape index (κ3) is 14.5. The summed E-state index contributed by atoms with van der Waals surface area (Å²) in [5.41, 5.74) is 3.80. The second-order valence-corrected chi connectivity index (χ2v) is 10.1. The largest absolute Gasteiger partial charge is 0.100 e. The van der Waals surface area contributed by atoms with Crippen LogP contribution in [0, 0.1) is 11.8 Å². The maximum absolute atomic E-state index is 6.22. The molecular formula is C29H53Cl. The van der Waals surface area contributed by atoms with Gasteiger partial charge < -0.3 is 0 Å². The SMILES string of the molecule is C=C(C)CCCCCCCCCCCCCCC.C=C1C[C@H]([C@@H](C)CC)C(Cl)=C1C. The van der Waals surface area contributed by atoms with Crippen LogP contribution in [0.5, 0.6) is 0 Å². The number of unbranched alkanes of at least 4 members (excludes halogenated alkanes) is 12. The Morgan fingerprint density at radius 1 is 0.900 bits per heavy atom. The number of allylic oxidation sites excluding steroid dienone is 4. The van der Waals surface area contributed by atoms with E-state index in [0.717, 1.165) is 11.5 Å². The lowest BCUT2D eigenvalue weighted by Crippen LogP contribution is -2.07. The van der Waals surface area contributed by atoms with Crippen molar-refractivity contribution in [3.8, 4) is 0 Å². The van der Waals surface area contributed by atoms with E-state index in [1.165, 1.54) is 113 Å². The molecule has 0 bridgehead atoms. The lowest BCUT2D eigenvalue weighted by Gasteiger charge is -2.17. The molecule has 176 valence electrons. The van der Waals surface area contributed by atoms with Gasteiger partial charge in [0.15, 0.2) is 0 Å². The van der Waals surface area contributed by atoms with Crippen LogP contribution in [-0.2, 0) is 0 Å². The lowest BCUT2D eigenvalue weighted by atomic mass is 9.91.